The predicted octanol–water partition coefficient (Wildman–Crippen LogP) is 3.51. The number of aryl methyl sites for hydroxylation is 2. The Balaban J connectivity index is 2.33. The van der Waals surface area contributed by atoms with Gasteiger partial charge in [0.2, 0.25) is 0 Å². The highest BCUT2D eigenvalue weighted by Gasteiger charge is 2.14. The summed E-state index contributed by atoms with van der Waals surface area (Å²) < 4.78 is 0. The first-order valence-electron chi connectivity index (χ1n) is 4.47. The number of rotatable bonds is 2. The van der Waals surface area contributed by atoms with Gasteiger partial charge in [-0.1, -0.05) is 0 Å². The first-order chi connectivity index (χ1) is 6.68. The Morgan fingerprint density at radius 1 is 1.21 bits per heavy atom. The van der Waals surface area contributed by atoms with Crippen LogP contribution >= 0.6 is 22.7 Å². The minimum atomic E-state index is -0.444. The van der Waals surface area contributed by atoms with Gasteiger partial charge in [0, 0.05) is 14.6 Å². The normalized spacial score (nSPS) is 13.1. The molecule has 3 heteroatoms. The first-order valence-corrected chi connectivity index (χ1v) is 6.16. The van der Waals surface area contributed by atoms with Gasteiger partial charge in [-0.2, -0.15) is 0 Å². The molecule has 0 amide bonds. The van der Waals surface area contributed by atoms with E-state index >= 15 is 0 Å². The first kappa shape index (κ1) is 9.90. The van der Waals surface area contributed by atoms with Crippen molar-refractivity contribution >= 4 is 22.7 Å². The van der Waals surface area contributed by atoms with E-state index in [9.17, 15) is 5.11 Å². The van der Waals surface area contributed by atoms with Crippen LogP contribution < -0.4 is 0 Å². The second kappa shape index (κ2) is 3.85. The van der Waals surface area contributed by atoms with Gasteiger partial charge in [-0.25, -0.2) is 0 Å². The van der Waals surface area contributed by atoms with Crippen molar-refractivity contribution < 1.29 is 5.11 Å². The van der Waals surface area contributed by atoms with Crippen LogP contribution in [0, 0.1) is 13.8 Å². The summed E-state index contributed by atoms with van der Waals surface area (Å²) in [7, 11) is 0. The molecule has 0 saturated carbocycles. The van der Waals surface area contributed by atoms with Crippen molar-refractivity contribution in [3.8, 4) is 0 Å². The molecule has 0 aliphatic rings. The maximum Gasteiger partial charge on any atom is 0.114 e. The third-order valence-electron chi connectivity index (χ3n) is 2.22. The van der Waals surface area contributed by atoms with Crippen LogP contribution in [0.5, 0.6) is 0 Å². The Labute approximate surface area is 91.7 Å². The van der Waals surface area contributed by atoms with E-state index in [2.05, 4.69) is 6.92 Å². The van der Waals surface area contributed by atoms with Crippen LogP contribution in [0.15, 0.2) is 23.6 Å². The van der Waals surface area contributed by atoms with Crippen molar-refractivity contribution in [2.24, 2.45) is 0 Å². The molecule has 1 nitrogen and oxygen atoms in total. The molecule has 14 heavy (non-hydrogen) atoms. The van der Waals surface area contributed by atoms with Crippen molar-refractivity contribution in [3.63, 3.8) is 0 Å². The van der Waals surface area contributed by atoms with Crippen molar-refractivity contribution in [3.05, 3.63) is 43.8 Å². The number of thiophene rings is 2. The second-order valence-electron chi connectivity index (χ2n) is 3.28. The highest BCUT2D eigenvalue weighted by Crippen LogP contribution is 2.31. The van der Waals surface area contributed by atoms with E-state index in [1.165, 1.54) is 9.75 Å². The summed E-state index contributed by atoms with van der Waals surface area (Å²) in [6, 6.07) is 6.05. The third-order valence-corrected chi connectivity index (χ3v) is 4.14. The zero-order valence-corrected chi connectivity index (χ0v) is 9.78. The molecule has 0 fully saturated rings. The number of hydrogen-bond donors (Lipinski definition) is 1. The molecule has 1 unspecified atom stereocenters. The van der Waals surface area contributed by atoms with Gasteiger partial charge >= 0.3 is 0 Å². The molecule has 0 aliphatic heterocycles. The Hall–Kier alpha value is -0.640. The molecule has 2 heterocycles. The Morgan fingerprint density at radius 2 is 2.00 bits per heavy atom. The van der Waals surface area contributed by atoms with E-state index in [-0.39, 0.29) is 0 Å². The van der Waals surface area contributed by atoms with Gasteiger partial charge in [-0.3, -0.25) is 0 Å². The minimum absolute atomic E-state index is 0.444. The van der Waals surface area contributed by atoms with Gasteiger partial charge in [0.25, 0.3) is 0 Å². The van der Waals surface area contributed by atoms with Gasteiger partial charge in [0.1, 0.15) is 6.10 Å². The van der Waals surface area contributed by atoms with Crippen LogP contribution in [0.4, 0.5) is 0 Å². The number of aliphatic hydroxyl groups excluding tert-OH is 1. The average molecular weight is 224 g/mol. The molecular weight excluding hydrogens is 212 g/mol. The summed E-state index contributed by atoms with van der Waals surface area (Å²) in [5.74, 6) is 0. The van der Waals surface area contributed by atoms with Crippen molar-refractivity contribution in [2.75, 3.05) is 0 Å². The molecule has 1 N–H and O–H groups in total. The lowest BCUT2D eigenvalue weighted by Gasteiger charge is -2.07. The summed E-state index contributed by atoms with van der Waals surface area (Å²) >= 11 is 3.34. The van der Waals surface area contributed by atoms with Gasteiger partial charge in [0.05, 0.1) is 0 Å². The lowest BCUT2D eigenvalue weighted by Crippen LogP contribution is -1.96. The average Bonchev–Trinajstić information content (AvgIpc) is 2.73. The monoisotopic (exact) mass is 224 g/mol. The van der Waals surface area contributed by atoms with E-state index in [4.69, 9.17) is 0 Å². The Bertz CT molecular complexity index is 428. The molecule has 2 aromatic heterocycles. The van der Waals surface area contributed by atoms with Crippen molar-refractivity contribution in [2.45, 2.75) is 20.0 Å². The van der Waals surface area contributed by atoms with Crippen LogP contribution in [-0.2, 0) is 0 Å². The van der Waals surface area contributed by atoms with E-state index < -0.39 is 6.10 Å². The van der Waals surface area contributed by atoms with E-state index in [1.807, 2.05) is 30.5 Å². The highest BCUT2D eigenvalue weighted by molar-refractivity contribution is 7.12. The molecule has 0 radical (unpaired) electrons. The maximum atomic E-state index is 10.1. The topological polar surface area (TPSA) is 20.2 Å². The molecule has 0 spiro atoms. The van der Waals surface area contributed by atoms with E-state index in [0.717, 1.165) is 10.4 Å². The summed E-state index contributed by atoms with van der Waals surface area (Å²) in [5.41, 5.74) is 1.04. The SMILES string of the molecule is Cc1ccc(C(O)c2ccsc2C)s1. The van der Waals surface area contributed by atoms with Gasteiger partial charge in [0.15, 0.2) is 0 Å². The summed E-state index contributed by atoms with van der Waals surface area (Å²) in [5, 5.41) is 12.1. The molecule has 2 rings (SSSR count). The van der Waals surface area contributed by atoms with E-state index in [0.29, 0.717) is 0 Å². The van der Waals surface area contributed by atoms with Crippen LogP contribution in [0.1, 0.15) is 26.3 Å². The molecular formula is C11H12OS2. The van der Waals surface area contributed by atoms with Gasteiger partial charge in [-0.15, -0.1) is 22.7 Å². The molecule has 0 saturated heterocycles. The van der Waals surface area contributed by atoms with E-state index in [1.54, 1.807) is 22.7 Å². The lowest BCUT2D eigenvalue weighted by atomic mass is 10.1. The Kier molecular flexibility index (Phi) is 2.72. The fourth-order valence-corrected chi connectivity index (χ4v) is 3.05. The molecule has 1 atom stereocenters. The van der Waals surface area contributed by atoms with Crippen LogP contribution in [0.25, 0.3) is 0 Å². The maximum absolute atomic E-state index is 10.1. The highest BCUT2D eigenvalue weighted by atomic mass is 32.1. The molecule has 74 valence electrons. The fraction of sp³-hybridized carbons (Fsp3) is 0.273. The molecule has 0 aliphatic carbocycles. The summed E-state index contributed by atoms with van der Waals surface area (Å²) in [4.78, 5) is 3.47. The lowest BCUT2D eigenvalue weighted by molar-refractivity contribution is 0.224. The fourth-order valence-electron chi connectivity index (χ4n) is 1.43. The quantitative estimate of drug-likeness (QED) is 0.827. The number of aliphatic hydroxyl groups is 1. The zero-order valence-electron chi connectivity index (χ0n) is 8.15. The third kappa shape index (κ3) is 1.75. The standard InChI is InChI=1S/C11H12OS2/c1-7-3-4-10(14-7)11(12)9-5-6-13-8(9)2/h3-6,11-12H,1-2H3. The zero-order chi connectivity index (χ0) is 10.1. The van der Waals surface area contributed by atoms with Gasteiger partial charge < -0.3 is 5.11 Å². The predicted molar refractivity (Wildman–Crippen MR) is 62.2 cm³/mol. The van der Waals surface area contributed by atoms with Crippen LogP contribution in [-0.4, -0.2) is 5.11 Å². The molecule has 0 bridgehead atoms. The van der Waals surface area contributed by atoms with Crippen molar-refractivity contribution in [1.29, 1.82) is 0 Å². The Morgan fingerprint density at radius 3 is 2.50 bits per heavy atom. The smallest absolute Gasteiger partial charge is 0.114 e. The minimum Gasteiger partial charge on any atom is -0.383 e. The molecule has 2 aromatic rings. The van der Waals surface area contributed by atoms with Gasteiger partial charge in [-0.05, 0) is 43.0 Å². The number of hydrogen-bond acceptors (Lipinski definition) is 3. The summed E-state index contributed by atoms with van der Waals surface area (Å²) in [6.07, 6.45) is -0.444. The summed E-state index contributed by atoms with van der Waals surface area (Å²) in [6.45, 7) is 4.10. The van der Waals surface area contributed by atoms with Crippen LogP contribution in [0.3, 0.4) is 0 Å². The molecule has 0 aromatic carbocycles. The van der Waals surface area contributed by atoms with Crippen LogP contribution in [0.2, 0.25) is 0 Å². The largest absolute Gasteiger partial charge is 0.383 e. The second-order valence-corrected chi connectivity index (χ2v) is 5.72. The van der Waals surface area contributed by atoms with Crippen molar-refractivity contribution in [1.82, 2.24) is 0 Å².